The summed E-state index contributed by atoms with van der Waals surface area (Å²) in [6, 6.07) is 0.206. The topological polar surface area (TPSA) is 68.3 Å². The summed E-state index contributed by atoms with van der Waals surface area (Å²) in [5.74, 6) is -0.198. The second kappa shape index (κ2) is 7.02. The Kier molecular flexibility index (Phi) is 5.33. The summed E-state index contributed by atoms with van der Waals surface area (Å²) in [6.45, 7) is 5.54. The van der Waals surface area contributed by atoms with Crippen LogP contribution in [0.2, 0.25) is 0 Å². The van der Waals surface area contributed by atoms with Gasteiger partial charge in [0.25, 0.3) is 5.91 Å². The van der Waals surface area contributed by atoms with Crippen LogP contribution in [0.1, 0.15) is 53.0 Å². The number of esters is 1. The van der Waals surface area contributed by atoms with Crippen molar-refractivity contribution in [2.24, 2.45) is 5.92 Å². The lowest BCUT2D eigenvalue weighted by Crippen LogP contribution is -2.42. The lowest BCUT2D eigenvalue weighted by atomic mass is 9.86. The van der Waals surface area contributed by atoms with Gasteiger partial charge in [-0.2, -0.15) is 0 Å². The molecule has 0 aromatic carbocycles. The van der Waals surface area contributed by atoms with Crippen molar-refractivity contribution in [1.29, 1.82) is 0 Å². The van der Waals surface area contributed by atoms with Crippen LogP contribution in [0.3, 0.4) is 0 Å². The third-order valence-corrected chi connectivity index (χ3v) is 4.93. The molecule has 0 unspecified atom stereocenters. The maximum Gasteiger partial charge on any atom is 0.350 e. The fourth-order valence-electron chi connectivity index (χ4n) is 2.70. The van der Waals surface area contributed by atoms with Crippen LogP contribution in [0.4, 0.5) is 0 Å². The molecule has 1 amide bonds. The number of amides is 1. The molecule has 2 rings (SSSR count). The molecule has 1 aromatic rings. The first-order chi connectivity index (χ1) is 9.97. The van der Waals surface area contributed by atoms with Gasteiger partial charge in [0, 0.05) is 6.04 Å². The largest absolute Gasteiger partial charge is 0.451 e. The van der Waals surface area contributed by atoms with E-state index < -0.39 is 5.97 Å². The molecule has 1 fully saturated rings. The Morgan fingerprint density at radius 2 is 2.05 bits per heavy atom. The zero-order valence-corrected chi connectivity index (χ0v) is 13.6. The van der Waals surface area contributed by atoms with Crippen molar-refractivity contribution in [3.05, 3.63) is 15.6 Å². The van der Waals surface area contributed by atoms with E-state index in [1.54, 1.807) is 6.92 Å². The maximum absolute atomic E-state index is 11.9. The Bertz CT molecular complexity index is 527. The summed E-state index contributed by atoms with van der Waals surface area (Å²) in [5, 5.41) is 3.79. The predicted molar refractivity (Wildman–Crippen MR) is 81.4 cm³/mol. The summed E-state index contributed by atoms with van der Waals surface area (Å²) < 4.78 is 5.08. The maximum atomic E-state index is 11.9. The second-order valence-corrected chi connectivity index (χ2v) is 6.86. The summed E-state index contributed by atoms with van der Waals surface area (Å²) in [4.78, 5) is 28.4. The number of aryl methyl sites for hydroxylation is 2. The molecule has 2 atom stereocenters. The van der Waals surface area contributed by atoms with Gasteiger partial charge in [0.05, 0.1) is 10.7 Å². The van der Waals surface area contributed by atoms with Crippen molar-refractivity contribution < 1.29 is 14.3 Å². The number of carbonyl (C=O) groups excluding carboxylic acids is 2. The van der Waals surface area contributed by atoms with Crippen LogP contribution in [0, 0.1) is 19.8 Å². The molecule has 1 aliphatic carbocycles. The highest BCUT2D eigenvalue weighted by Gasteiger charge is 2.23. The Labute approximate surface area is 129 Å². The number of hydrogen-bond acceptors (Lipinski definition) is 5. The zero-order chi connectivity index (χ0) is 15.4. The minimum absolute atomic E-state index is 0.206. The summed E-state index contributed by atoms with van der Waals surface area (Å²) in [5.41, 5.74) is 0.656. The van der Waals surface area contributed by atoms with Gasteiger partial charge in [-0.05, 0) is 32.6 Å². The molecule has 0 spiro atoms. The molecule has 1 heterocycles. The average molecular weight is 310 g/mol. The minimum atomic E-state index is -0.468. The Hall–Kier alpha value is -1.43. The van der Waals surface area contributed by atoms with E-state index in [9.17, 15) is 9.59 Å². The van der Waals surface area contributed by atoms with Crippen LogP contribution < -0.4 is 5.32 Å². The van der Waals surface area contributed by atoms with Crippen LogP contribution in [0.5, 0.6) is 0 Å². The Morgan fingerprint density at radius 1 is 1.33 bits per heavy atom. The number of carbonyl (C=O) groups is 2. The van der Waals surface area contributed by atoms with Gasteiger partial charge in [0.1, 0.15) is 4.88 Å². The molecule has 1 saturated carbocycles. The number of thiazole rings is 1. The predicted octanol–water partition coefficient (Wildman–Crippen LogP) is 2.61. The summed E-state index contributed by atoms with van der Waals surface area (Å²) >= 11 is 1.29. The average Bonchev–Trinajstić information content (AvgIpc) is 2.78. The molecule has 1 aliphatic rings. The Morgan fingerprint density at radius 3 is 2.67 bits per heavy atom. The van der Waals surface area contributed by atoms with E-state index in [2.05, 4.69) is 17.2 Å². The molecule has 0 aliphatic heterocycles. The summed E-state index contributed by atoms with van der Waals surface area (Å²) in [6.07, 6.45) is 4.53. The molecule has 0 saturated heterocycles. The molecule has 21 heavy (non-hydrogen) atoms. The van der Waals surface area contributed by atoms with Gasteiger partial charge >= 0.3 is 5.97 Å². The number of aromatic nitrogens is 1. The van der Waals surface area contributed by atoms with Gasteiger partial charge in [-0.3, -0.25) is 4.79 Å². The van der Waals surface area contributed by atoms with E-state index in [0.717, 1.165) is 24.3 Å². The fraction of sp³-hybridized carbons (Fsp3) is 0.667. The number of nitrogens with zero attached hydrogens (tertiary/aromatic N) is 1. The van der Waals surface area contributed by atoms with E-state index in [1.807, 2.05) is 6.92 Å². The van der Waals surface area contributed by atoms with Gasteiger partial charge in [-0.1, -0.05) is 19.8 Å². The highest BCUT2D eigenvalue weighted by molar-refractivity contribution is 7.13. The lowest BCUT2D eigenvalue weighted by Gasteiger charge is -2.29. The molecule has 5 nitrogen and oxygen atoms in total. The lowest BCUT2D eigenvalue weighted by molar-refractivity contribution is -0.125. The first kappa shape index (κ1) is 15.9. The molecule has 1 N–H and O–H groups in total. The van der Waals surface area contributed by atoms with E-state index in [4.69, 9.17) is 4.74 Å². The van der Waals surface area contributed by atoms with Gasteiger partial charge in [0.2, 0.25) is 0 Å². The fourth-order valence-corrected chi connectivity index (χ4v) is 3.51. The normalized spacial score (nSPS) is 21.9. The van der Waals surface area contributed by atoms with Crippen LogP contribution in [0.25, 0.3) is 0 Å². The molecular weight excluding hydrogens is 288 g/mol. The Balaban J connectivity index is 1.81. The van der Waals surface area contributed by atoms with E-state index in [-0.39, 0.29) is 18.6 Å². The quantitative estimate of drug-likeness (QED) is 0.868. The number of hydrogen-bond donors (Lipinski definition) is 1. The molecular formula is C15H22N2O3S. The number of ether oxygens (including phenoxy) is 1. The monoisotopic (exact) mass is 310 g/mol. The molecule has 1 aromatic heterocycles. The van der Waals surface area contributed by atoms with Crippen molar-refractivity contribution in [2.45, 2.75) is 52.5 Å². The van der Waals surface area contributed by atoms with Crippen LogP contribution in [-0.4, -0.2) is 29.5 Å². The van der Waals surface area contributed by atoms with E-state index in [1.165, 1.54) is 17.8 Å². The molecule has 6 heteroatoms. The van der Waals surface area contributed by atoms with Crippen LogP contribution >= 0.6 is 11.3 Å². The highest BCUT2D eigenvalue weighted by atomic mass is 32.1. The van der Waals surface area contributed by atoms with Gasteiger partial charge in [-0.25, -0.2) is 9.78 Å². The highest BCUT2D eigenvalue weighted by Crippen LogP contribution is 2.23. The standard InChI is InChI=1S/C15H22N2O3S/c1-9-6-4-5-7-12(9)17-13(18)8-20-15(19)14-10(2)16-11(3)21-14/h9,12H,4-8H2,1-3H3,(H,17,18)/t9-,12-/m0/s1. The van der Waals surface area contributed by atoms with Gasteiger partial charge in [-0.15, -0.1) is 11.3 Å². The first-order valence-electron chi connectivity index (χ1n) is 7.38. The smallest absolute Gasteiger partial charge is 0.350 e. The van der Waals surface area contributed by atoms with Crippen molar-refractivity contribution in [3.63, 3.8) is 0 Å². The zero-order valence-electron chi connectivity index (χ0n) is 12.8. The number of nitrogens with one attached hydrogen (secondary N) is 1. The minimum Gasteiger partial charge on any atom is -0.451 e. The third kappa shape index (κ3) is 4.27. The second-order valence-electron chi connectivity index (χ2n) is 5.66. The van der Waals surface area contributed by atoms with Crippen molar-refractivity contribution in [2.75, 3.05) is 6.61 Å². The van der Waals surface area contributed by atoms with Crippen LogP contribution in [0.15, 0.2) is 0 Å². The number of rotatable bonds is 4. The SMILES string of the molecule is Cc1nc(C)c(C(=O)OCC(=O)N[C@H]2CCCC[C@@H]2C)s1. The van der Waals surface area contributed by atoms with Crippen LogP contribution in [-0.2, 0) is 9.53 Å². The van der Waals surface area contributed by atoms with Crippen molar-refractivity contribution in [1.82, 2.24) is 10.3 Å². The summed E-state index contributed by atoms with van der Waals surface area (Å²) in [7, 11) is 0. The molecule has 0 bridgehead atoms. The first-order valence-corrected chi connectivity index (χ1v) is 8.19. The van der Waals surface area contributed by atoms with Gasteiger partial charge < -0.3 is 10.1 Å². The van der Waals surface area contributed by atoms with Gasteiger partial charge in [0.15, 0.2) is 6.61 Å². The molecule has 116 valence electrons. The van der Waals surface area contributed by atoms with Crippen molar-refractivity contribution >= 4 is 23.2 Å². The third-order valence-electron chi connectivity index (χ3n) is 3.88. The van der Waals surface area contributed by atoms with Crippen molar-refractivity contribution in [3.8, 4) is 0 Å². The van der Waals surface area contributed by atoms with E-state index in [0.29, 0.717) is 16.5 Å². The molecule has 0 radical (unpaired) electrons. The van der Waals surface area contributed by atoms with E-state index >= 15 is 0 Å².